The van der Waals surface area contributed by atoms with Gasteiger partial charge in [-0.2, -0.15) is 0 Å². The van der Waals surface area contributed by atoms with E-state index in [1.54, 1.807) is 6.07 Å². The van der Waals surface area contributed by atoms with Crippen molar-refractivity contribution in [2.45, 2.75) is 19.9 Å². The fourth-order valence-electron chi connectivity index (χ4n) is 2.03. The molecule has 0 aliphatic rings. The van der Waals surface area contributed by atoms with Crippen molar-refractivity contribution in [3.63, 3.8) is 0 Å². The summed E-state index contributed by atoms with van der Waals surface area (Å²) in [4.78, 5) is 0. The Morgan fingerprint density at radius 3 is 2.19 bits per heavy atom. The zero-order chi connectivity index (χ0) is 15.4. The van der Waals surface area contributed by atoms with E-state index in [0.717, 1.165) is 18.5 Å². The average Bonchev–Trinajstić information content (AvgIpc) is 2.45. The summed E-state index contributed by atoms with van der Waals surface area (Å²) >= 11 is 0. The fourth-order valence-corrected chi connectivity index (χ4v) is 2.03. The monoisotopic (exact) mass is 297 g/mol. The molecule has 1 N–H and O–H groups in total. The smallest absolute Gasteiger partial charge is 0.161 e. The third-order valence-electron chi connectivity index (χ3n) is 3.09. The SMILES string of the molecule is CCCNCc1ccc(F)c(-c2cc(F)c(F)cc2F)c1. The highest BCUT2D eigenvalue weighted by atomic mass is 19.2. The molecule has 0 fully saturated rings. The van der Waals surface area contributed by atoms with E-state index in [9.17, 15) is 17.6 Å². The van der Waals surface area contributed by atoms with Gasteiger partial charge < -0.3 is 5.32 Å². The normalized spacial score (nSPS) is 10.9. The molecule has 2 aromatic carbocycles. The minimum absolute atomic E-state index is 0.0813. The second-order valence-corrected chi connectivity index (χ2v) is 4.74. The van der Waals surface area contributed by atoms with Crippen LogP contribution >= 0.6 is 0 Å². The summed E-state index contributed by atoms with van der Waals surface area (Å²) in [6.45, 7) is 3.30. The Morgan fingerprint density at radius 1 is 0.810 bits per heavy atom. The first kappa shape index (κ1) is 15.5. The zero-order valence-corrected chi connectivity index (χ0v) is 11.5. The number of hydrogen-bond acceptors (Lipinski definition) is 1. The molecule has 0 aliphatic carbocycles. The van der Waals surface area contributed by atoms with Crippen LogP contribution in [0.4, 0.5) is 17.6 Å². The predicted octanol–water partition coefficient (Wildman–Crippen LogP) is 4.41. The van der Waals surface area contributed by atoms with Gasteiger partial charge in [0.2, 0.25) is 0 Å². The molecule has 0 amide bonds. The van der Waals surface area contributed by atoms with Crippen molar-refractivity contribution in [3.8, 4) is 11.1 Å². The Morgan fingerprint density at radius 2 is 1.48 bits per heavy atom. The van der Waals surface area contributed by atoms with Crippen molar-refractivity contribution in [2.24, 2.45) is 0 Å². The topological polar surface area (TPSA) is 12.0 Å². The number of hydrogen-bond donors (Lipinski definition) is 1. The molecule has 2 rings (SSSR count). The molecular formula is C16H15F4N. The maximum atomic E-state index is 13.9. The lowest BCUT2D eigenvalue weighted by atomic mass is 10.0. The number of halogens is 4. The van der Waals surface area contributed by atoms with Gasteiger partial charge in [-0.15, -0.1) is 0 Å². The minimum atomic E-state index is -1.29. The highest BCUT2D eigenvalue weighted by Crippen LogP contribution is 2.28. The third kappa shape index (κ3) is 3.61. The molecule has 2 aromatic rings. The van der Waals surface area contributed by atoms with Gasteiger partial charge in [0.1, 0.15) is 11.6 Å². The molecule has 0 atom stereocenters. The molecule has 21 heavy (non-hydrogen) atoms. The van der Waals surface area contributed by atoms with Crippen LogP contribution in [0.15, 0.2) is 30.3 Å². The second-order valence-electron chi connectivity index (χ2n) is 4.74. The third-order valence-corrected chi connectivity index (χ3v) is 3.09. The highest BCUT2D eigenvalue weighted by Gasteiger charge is 2.15. The summed E-state index contributed by atoms with van der Waals surface area (Å²) in [5.74, 6) is -4.18. The molecule has 0 heterocycles. The van der Waals surface area contributed by atoms with Crippen LogP contribution in [0.3, 0.4) is 0 Å². The lowest BCUT2D eigenvalue weighted by Crippen LogP contribution is -2.13. The Bertz CT molecular complexity index is 640. The molecular weight excluding hydrogens is 282 g/mol. The van der Waals surface area contributed by atoms with Crippen molar-refractivity contribution in [2.75, 3.05) is 6.54 Å². The van der Waals surface area contributed by atoms with Crippen molar-refractivity contribution >= 4 is 0 Å². The van der Waals surface area contributed by atoms with E-state index < -0.39 is 23.3 Å². The van der Waals surface area contributed by atoms with Gasteiger partial charge in [0.15, 0.2) is 11.6 Å². The minimum Gasteiger partial charge on any atom is -0.313 e. The standard InChI is InChI=1S/C16H15F4N/c1-2-5-21-9-10-3-4-13(17)11(6-10)12-7-15(19)16(20)8-14(12)18/h3-4,6-8,21H,2,5,9H2,1H3. The molecule has 0 bridgehead atoms. The molecule has 1 nitrogen and oxygen atoms in total. The fraction of sp³-hybridized carbons (Fsp3) is 0.250. The number of benzene rings is 2. The van der Waals surface area contributed by atoms with Crippen LogP contribution in [0.25, 0.3) is 11.1 Å². The van der Waals surface area contributed by atoms with Crippen LogP contribution in [0.1, 0.15) is 18.9 Å². The quantitative estimate of drug-likeness (QED) is 0.490. The Labute approximate surface area is 120 Å². The predicted molar refractivity (Wildman–Crippen MR) is 73.7 cm³/mol. The van der Waals surface area contributed by atoms with Crippen LogP contribution in [0, 0.1) is 23.3 Å². The molecule has 0 radical (unpaired) electrons. The maximum Gasteiger partial charge on any atom is 0.161 e. The van der Waals surface area contributed by atoms with Crippen LogP contribution in [-0.2, 0) is 6.54 Å². The number of nitrogens with one attached hydrogen (secondary N) is 1. The first-order chi connectivity index (χ1) is 10.0. The lowest BCUT2D eigenvalue weighted by molar-refractivity contribution is 0.495. The Kier molecular flexibility index (Phi) is 4.96. The van der Waals surface area contributed by atoms with Gasteiger partial charge in [-0.05, 0) is 36.7 Å². The Hall–Kier alpha value is -1.88. The van der Waals surface area contributed by atoms with Gasteiger partial charge >= 0.3 is 0 Å². The summed E-state index contributed by atoms with van der Waals surface area (Å²) in [6.07, 6.45) is 0.950. The molecule has 0 saturated heterocycles. The summed E-state index contributed by atoms with van der Waals surface area (Å²) in [5, 5.41) is 3.13. The van der Waals surface area contributed by atoms with E-state index >= 15 is 0 Å². The van der Waals surface area contributed by atoms with E-state index in [1.807, 2.05) is 6.92 Å². The molecule has 0 unspecified atom stereocenters. The van der Waals surface area contributed by atoms with E-state index in [4.69, 9.17) is 0 Å². The van der Waals surface area contributed by atoms with Crippen LogP contribution in [0.2, 0.25) is 0 Å². The Balaban J connectivity index is 2.39. The average molecular weight is 297 g/mol. The molecule has 0 aromatic heterocycles. The molecule has 0 spiro atoms. The van der Waals surface area contributed by atoms with Crippen LogP contribution in [0.5, 0.6) is 0 Å². The molecule has 5 heteroatoms. The summed E-state index contributed by atoms with van der Waals surface area (Å²) in [6, 6.07) is 5.30. The largest absolute Gasteiger partial charge is 0.313 e. The van der Waals surface area contributed by atoms with Gasteiger partial charge in [-0.1, -0.05) is 13.0 Å². The van der Waals surface area contributed by atoms with Crippen molar-refractivity contribution < 1.29 is 17.6 Å². The van der Waals surface area contributed by atoms with Gasteiger partial charge in [-0.25, -0.2) is 17.6 Å². The maximum absolute atomic E-state index is 13.9. The lowest BCUT2D eigenvalue weighted by Gasteiger charge is -2.09. The highest BCUT2D eigenvalue weighted by molar-refractivity contribution is 5.65. The van der Waals surface area contributed by atoms with Gasteiger partial charge in [0.05, 0.1) is 0 Å². The summed E-state index contributed by atoms with van der Waals surface area (Å²) in [7, 11) is 0. The van der Waals surface area contributed by atoms with E-state index in [0.29, 0.717) is 18.7 Å². The van der Waals surface area contributed by atoms with Gasteiger partial charge in [0, 0.05) is 23.7 Å². The van der Waals surface area contributed by atoms with Crippen molar-refractivity contribution in [1.29, 1.82) is 0 Å². The number of rotatable bonds is 5. The van der Waals surface area contributed by atoms with Crippen molar-refractivity contribution in [3.05, 3.63) is 59.2 Å². The van der Waals surface area contributed by atoms with E-state index in [1.165, 1.54) is 12.1 Å². The second kappa shape index (κ2) is 6.72. The van der Waals surface area contributed by atoms with Gasteiger partial charge in [-0.3, -0.25) is 0 Å². The first-order valence-electron chi connectivity index (χ1n) is 6.67. The summed E-state index contributed by atoms with van der Waals surface area (Å²) in [5.41, 5.74) is 0.370. The first-order valence-corrected chi connectivity index (χ1v) is 6.67. The molecule has 0 aliphatic heterocycles. The van der Waals surface area contributed by atoms with Crippen LogP contribution < -0.4 is 5.32 Å². The van der Waals surface area contributed by atoms with Crippen LogP contribution in [-0.4, -0.2) is 6.54 Å². The van der Waals surface area contributed by atoms with E-state index in [2.05, 4.69) is 5.32 Å². The zero-order valence-electron chi connectivity index (χ0n) is 11.5. The molecule has 112 valence electrons. The molecule has 0 saturated carbocycles. The summed E-state index contributed by atoms with van der Waals surface area (Å²) < 4.78 is 53.8. The van der Waals surface area contributed by atoms with E-state index in [-0.39, 0.29) is 11.1 Å². The van der Waals surface area contributed by atoms with Crippen molar-refractivity contribution in [1.82, 2.24) is 5.32 Å². The van der Waals surface area contributed by atoms with Gasteiger partial charge in [0.25, 0.3) is 0 Å².